The molecule has 1 aromatic heterocycles. The Morgan fingerprint density at radius 3 is 2.50 bits per heavy atom. The number of carbonyl (C=O) groups excluding carboxylic acids is 4. The molecule has 0 radical (unpaired) electrons. The minimum atomic E-state index is -1.14. The first-order chi connectivity index (χ1) is 21.0. The second-order valence-corrected chi connectivity index (χ2v) is 11.6. The molecule has 12 nitrogen and oxygen atoms in total. The van der Waals surface area contributed by atoms with Crippen LogP contribution in [0.25, 0.3) is 17.0 Å². The Labute approximate surface area is 258 Å². The number of likely N-dealkylation sites (N-methyl/N-ethyl adjacent to an activating group) is 1. The largest absolute Gasteiger partial charge is 0.509 e. The standard InChI is InChI=1S/C32H44N6O6/c1-6-37-15-7-9-23-11-12-24-13-14-25(35-27(24)19-23)21(4)33-29(39)26-10-8-16-38(36-26)31(41)22(5)34-30(40)28(20(2)3)44-32(42)43-18-17-37/h7,9,11-14,19-22,26,28,36H,6,8,10,15-18H2,1-5H3,(H,33,39)(H,34,40)/b9-7+/t21-,22+,26+,28+/m1/s1. The average Bonchev–Trinajstić information content (AvgIpc) is 3.01. The summed E-state index contributed by atoms with van der Waals surface area (Å²) in [6.07, 6.45) is 3.13. The highest BCUT2D eigenvalue weighted by Crippen LogP contribution is 2.20. The van der Waals surface area contributed by atoms with E-state index in [1.807, 2.05) is 56.3 Å². The molecule has 0 saturated carbocycles. The molecule has 1 fully saturated rings. The number of benzene rings is 1. The van der Waals surface area contributed by atoms with Gasteiger partial charge in [0.2, 0.25) is 5.91 Å². The van der Waals surface area contributed by atoms with E-state index in [9.17, 15) is 19.2 Å². The minimum Gasteiger partial charge on any atom is -0.433 e. The summed E-state index contributed by atoms with van der Waals surface area (Å²) in [7, 11) is 0. The number of fused-ring (bicyclic) bond motifs is 4. The highest BCUT2D eigenvalue weighted by molar-refractivity contribution is 5.90. The number of hydrogen-bond acceptors (Lipinski definition) is 9. The van der Waals surface area contributed by atoms with Gasteiger partial charge in [-0.1, -0.05) is 51.1 Å². The molecular weight excluding hydrogens is 564 g/mol. The lowest BCUT2D eigenvalue weighted by Gasteiger charge is -2.35. The fourth-order valence-corrected chi connectivity index (χ4v) is 5.21. The van der Waals surface area contributed by atoms with Gasteiger partial charge in [-0.3, -0.25) is 29.3 Å². The number of nitrogens with one attached hydrogen (secondary N) is 3. The third kappa shape index (κ3) is 8.54. The van der Waals surface area contributed by atoms with E-state index >= 15 is 0 Å². The molecule has 3 N–H and O–H groups in total. The van der Waals surface area contributed by atoms with Crippen LogP contribution >= 0.6 is 0 Å². The minimum absolute atomic E-state index is 0.0945. The van der Waals surface area contributed by atoms with Crippen LogP contribution in [-0.4, -0.2) is 89.7 Å². The van der Waals surface area contributed by atoms with Crippen LogP contribution < -0.4 is 16.1 Å². The summed E-state index contributed by atoms with van der Waals surface area (Å²) in [6, 6.07) is 8.03. The molecule has 0 spiro atoms. The van der Waals surface area contributed by atoms with Crippen LogP contribution in [0.4, 0.5) is 4.79 Å². The van der Waals surface area contributed by atoms with Gasteiger partial charge in [0.05, 0.1) is 17.3 Å². The summed E-state index contributed by atoms with van der Waals surface area (Å²) in [5, 5.41) is 8.04. The van der Waals surface area contributed by atoms with Crippen molar-refractivity contribution in [1.29, 1.82) is 0 Å². The van der Waals surface area contributed by atoms with Crippen molar-refractivity contribution in [1.82, 2.24) is 31.0 Å². The van der Waals surface area contributed by atoms with Crippen LogP contribution in [0.15, 0.2) is 36.4 Å². The lowest BCUT2D eigenvalue weighted by molar-refractivity contribution is -0.145. The molecule has 5 bridgehead atoms. The fourth-order valence-electron chi connectivity index (χ4n) is 5.21. The molecule has 1 saturated heterocycles. The maximum absolute atomic E-state index is 13.2. The van der Waals surface area contributed by atoms with Gasteiger partial charge in [-0.2, -0.15) is 0 Å². The summed E-state index contributed by atoms with van der Waals surface area (Å²) in [5.74, 6) is -1.61. The zero-order valence-electron chi connectivity index (χ0n) is 26.2. The Kier molecular flexibility index (Phi) is 11.3. The van der Waals surface area contributed by atoms with Crippen LogP contribution in [0.3, 0.4) is 0 Å². The Morgan fingerprint density at radius 1 is 1.00 bits per heavy atom. The first kappa shape index (κ1) is 32.9. The number of pyridine rings is 1. The summed E-state index contributed by atoms with van der Waals surface area (Å²) in [5.41, 5.74) is 5.56. The molecule has 4 rings (SSSR count). The van der Waals surface area contributed by atoms with Gasteiger partial charge in [-0.05, 0) is 56.8 Å². The topological polar surface area (TPSA) is 142 Å². The zero-order valence-corrected chi connectivity index (χ0v) is 26.2. The van der Waals surface area contributed by atoms with Gasteiger partial charge in [0.15, 0.2) is 6.10 Å². The van der Waals surface area contributed by atoms with Crippen molar-refractivity contribution in [3.8, 4) is 0 Å². The quantitative estimate of drug-likeness (QED) is 0.439. The van der Waals surface area contributed by atoms with E-state index in [0.717, 1.165) is 28.7 Å². The fraction of sp³-hybridized carbons (Fsp3) is 0.531. The Hall–Kier alpha value is -4.03. The smallest absolute Gasteiger partial charge is 0.433 e. The van der Waals surface area contributed by atoms with Crippen molar-refractivity contribution in [2.75, 3.05) is 32.8 Å². The number of amides is 3. The van der Waals surface area contributed by atoms with Crippen LogP contribution in [0, 0.1) is 5.92 Å². The Balaban J connectivity index is 1.57. The summed E-state index contributed by atoms with van der Waals surface area (Å²) >= 11 is 0. The van der Waals surface area contributed by atoms with Gasteiger partial charge in [0.1, 0.15) is 18.7 Å². The van der Waals surface area contributed by atoms with Crippen molar-refractivity contribution >= 4 is 40.9 Å². The van der Waals surface area contributed by atoms with E-state index in [4.69, 9.17) is 14.5 Å². The Morgan fingerprint density at radius 2 is 1.75 bits per heavy atom. The van der Waals surface area contributed by atoms with E-state index in [-0.39, 0.29) is 24.5 Å². The van der Waals surface area contributed by atoms with E-state index in [0.29, 0.717) is 32.5 Å². The second kappa shape index (κ2) is 15.1. The monoisotopic (exact) mass is 608 g/mol. The molecule has 3 amide bonds. The van der Waals surface area contributed by atoms with E-state index < -0.39 is 36.2 Å². The molecule has 44 heavy (non-hydrogen) atoms. The van der Waals surface area contributed by atoms with Crippen LogP contribution in [0.5, 0.6) is 0 Å². The van der Waals surface area contributed by atoms with Gasteiger partial charge in [-0.15, -0.1) is 0 Å². The van der Waals surface area contributed by atoms with Crippen molar-refractivity contribution in [3.63, 3.8) is 0 Å². The van der Waals surface area contributed by atoms with Gasteiger partial charge in [0, 0.05) is 25.0 Å². The van der Waals surface area contributed by atoms with Crippen LogP contribution in [-0.2, 0) is 23.9 Å². The van der Waals surface area contributed by atoms with Gasteiger partial charge in [-0.25, -0.2) is 10.2 Å². The zero-order chi connectivity index (χ0) is 31.8. The summed E-state index contributed by atoms with van der Waals surface area (Å²) < 4.78 is 10.7. The molecule has 0 aliphatic carbocycles. The molecule has 4 atom stereocenters. The van der Waals surface area contributed by atoms with Crippen molar-refractivity contribution in [2.45, 2.75) is 71.7 Å². The maximum Gasteiger partial charge on any atom is 0.509 e. The number of ether oxygens (including phenoxy) is 2. The molecule has 0 unspecified atom stereocenters. The predicted molar refractivity (Wildman–Crippen MR) is 166 cm³/mol. The highest BCUT2D eigenvalue weighted by Gasteiger charge is 2.34. The van der Waals surface area contributed by atoms with Crippen molar-refractivity contribution in [2.24, 2.45) is 5.92 Å². The maximum atomic E-state index is 13.2. The average molecular weight is 609 g/mol. The van der Waals surface area contributed by atoms with Gasteiger partial charge in [0.25, 0.3) is 11.8 Å². The lowest BCUT2D eigenvalue weighted by atomic mass is 10.1. The molecular formula is C32H44N6O6. The van der Waals surface area contributed by atoms with E-state index in [1.54, 1.807) is 20.8 Å². The number of nitrogens with zero attached hydrogens (tertiary/aromatic N) is 3. The summed E-state index contributed by atoms with van der Waals surface area (Å²) in [6.45, 7) is 11.3. The molecule has 2 aliphatic rings. The van der Waals surface area contributed by atoms with Crippen molar-refractivity contribution in [3.05, 3.63) is 47.7 Å². The molecule has 12 heteroatoms. The van der Waals surface area contributed by atoms with Crippen LogP contribution in [0.1, 0.15) is 64.8 Å². The molecule has 2 aromatic rings. The number of hydrogen-bond donors (Lipinski definition) is 3. The molecule has 238 valence electrons. The normalized spacial score (nSPS) is 26.0. The predicted octanol–water partition coefficient (Wildman–Crippen LogP) is 2.94. The molecule has 3 heterocycles. The first-order valence-corrected chi connectivity index (χ1v) is 15.4. The highest BCUT2D eigenvalue weighted by atomic mass is 16.7. The SMILES string of the molecule is CCN1C/C=C/c2ccc3ccc(nc3c2)[C@@H](C)NC(=O)[C@@H]2CCCN(N2)C(=O)[C@H](C)NC(=O)[C@H](C(C)C)OC(=O)OCC1. The number of aromatic nitrogens is 1. The molecule has 2 aliphatic heterocycles. The number of carbonyl (C=O) groups is 4. The first-order valence-electron chi connectivity index (χ1n) is 15.4. The van der Waals surface area contributed by atoms with Gasteiger partial charge >= 0.3 is 6.16 Å². The Bertz CT molecular complexity index is 1380. The van der Waals surface area contributed by atoms with Crippen molar-refractivity contribution < 1.29 is 28.7 Å². The second-order valence-electron chi connectivity index (χ2n) is 11.6. The van der Waals surface area contributed by atoms with E-state index in [2.05, 4.69) is 21.0 Å². The lowest BCUT2D eigenvalue weighted by Crippen LogP contribution is -2.61. The number of rotatable bonds is 2. The number of cyclic esters (lactones) is 2. The van der Waals surface area contributed by atoms with E-state index in [1.165, 1.54) is 5.01 Å². The van der Waals surface area contributed by atoms with Gasteiger partial charge < -0.3 is 20.1 Å². The summed E-state index contributed by atoms with van der Waals surface area (Å²) in [4.78, 5) is 58.9. The third-order valence-electron chi connectivity index (χ3n) is 7.87. The number of hydrazine groups is 1. The van der Waals surface area contributed by atoms with Crippen LogP contribution in [0.2, 0.25) is 0 Å². The molecule has 1 aromatic carbocycles. The third-order valence-corrected chi connectivity index (χ3v) is 7.87.